The van der Waals surface area contributed by atoms with Gasteiger partial charge in [0.05, 0.1) is 19.0 Å². The molecule has 1 amide bonds. The highest BCUT2D eigenvalue weighted by Gasteiger charge is 2.10. The lowest BCUT2D eigenvalue weighted by Crippen LogP contribution is -2.14. The second-order valence-electron chi connectivity index (χ2n) is 6.30. The molecule has 27 heavy (non-hydrogen) atoms. The summed E-state index contributed by atoms with van der Waals surface area (Å²) in [6, 6.07) is 17.2. The molecule has 0 aliphatic carbocycles. The number of methoxy groups -OCH3 is 1. The molecule has 0 spiro atoms. The van der Waals surface area contributed by atoms with Crippen LogP contribution in [0, 0.1) is 13.8 Å². The molecule has 0 saturated carbocycles. The summed E-state index contributed by atoms with van der Waals surface area (Å²) in [5.41, 5.74) is 5.26. The zero-order valence-corrected chi connectivity index (χ0v) is 15.7. The molecule has 5 heteroatoms. The molecule has 0 aliphatic heterocycles. The fourth-order valence-electron chi connectivity index (χ4n) is 2.75. The van der Waals surface area contributed by atoms with E-state index in [0.29, 0.717) is 12.2 Å². The van der Waals surface area contributed by atoms with E-state index in [1.165, 1.54) is 0 Å². The van der Waals surface area contributed by atoms with Gasteiger partial charge < -0.3 is 15.4 Å². The predicted molar refractivity (Wildman–Crippen MR) is 108 cm³/mol. The van der Waals surface area contributed by atoms with Crippen LogP contribution in [-0.4, -0.2) is 18.0 Å². The molecule has 3 aromatic rings. The van der Waals surface area contributed by atoms with Gasteiger partial charge in [-0.3, -0.25) is 4.79 Å². The van der Waals surface area contributed by atoms with E-state index in [4.69, 9.17) is 4.74 Å². The molecule has 3 rings (SSSR count). The average molecular weight is 361 g/mol. The molecular formula is C22H23N3O2. The number of pyridine rings is 1. The highest BCUT2D eigenvalue weighted by atomic mass is 16.5. The van der Waals surface area contributed by atoms with Crippen molar-refractivity contribution in [2.24, 2.45) is 0 Å². The summed E-state index contributed by atoms with van der Waals surface area (Å²) in [6.07, 6.45) is 1.66. The zero-order chi connectivity index (χ0) is 19.2. The maximum absolute atomic E-state index is 12.4. The lowest BCUT2D eigenvalue weighted by molar-refractivity contribution is 0.102. The van der Waals surface area contributed by atoms with Crippen LogP contribution in [0.5, 0.6) is 5.75 Å². The summed E-state index contributed by atoms with van der Waals surface area (Å²) in [6.45, 7) is 4.62. The summed E-state index contributed by atoms with van der Waals surface area (Å²) in [7, 11) is 1.66. The Kier molecular flexibility index (Phi) is 5.71. The first-order chi connectivity index (χ1) is 13.1. The van der Waals surface area contributed by atoms with Crippen LogP contribution in [0.15, 0.2) is 60.8 Å². The van der Waals surface area contributed by atoms with Gasteiger partial charge in [0.1, 0.15) is 11.4 Å². The summed E-state index contributed by atoms with van der Waals surface area (Å²) in [5.74, 6) is 0.613. The number of nitrogens with zero attached hydrogens (tertiary/aromatic N) is 1. The first kappa shape index (κ1) is 18.5. The average Bonchev–Trinajstić information content (AvgIpc) is 2.70. The third kappa shape index (κ3) is 4.44. The number of rotatable bonds is 6. The molecule has 5 nitrogen and oxygen atoms in total. The Morgan fingerprint density at radius 3 is 2.59 bits per heavy atom. The summed E-state index contributed by atoms with van der Waals surface area (Å²) in [4.78, 5) is 16.7. The van der Waals surface area contributed by atoms with Crippen LogP contribution in [0.2, 0.25) is 0 Å². The minimum Gasteiger partial charge on any atom is -0.496 e. The van der Waals surface area contributed by atoms with Gasteiger partial charge in [0, 0.05) is 17.8 Å². The number of anilines is 2. The third-order valence-electron chi connectivity index (χ3n) is 4.52. The summed E-state index contributed by atoms with van der Waals surface area (Å²) >= 11 is 0. The van der Waals surface area contributed by atoms with E-state index in [2.05, 4.69) is 15.6 Å². The maximum Gasteiger partial charge on any atom is 0.274 e. The van der Waals surface area contributed by atoms with E-state index >= 15 is 0 Å². The number of ether oxygens (including phenoxy) is 1. The van der Waals surface area contributed by atoms with E-state index in [-0.39, 0.29) is 5.91 Å². The molecule has 138 valence electrons. The first-order valence-corrected chi connectivity index (χ1v) is 8.78. The fraction of sp³-hybridized carbons (Fsp3) is 0.182. The SMILES string of the molecule is COc1ccccc1CNc1ccc(C(=O)Nc2cccc(C)c2C)nc1. The second kappa shape index (κ2) is 8.36. The highest BCUT2D eigenvalue weighted by molar-refractivity contribution is 6.03. The number of hydrogen-bond donors (Lipinski definition) is 2. The standard InChI is InChI=1S/C22H23N3O2/c1-15-7-6-9-19(16(15)2)25-22(26)20-12-11-18(14-24-20)23-13-17-8-4-5-10-21(17)27-3/h4-12,14,23H,13H2,1-3H3,(H,25,26). The van der Waals surface area contributed by atoms with Crippen molar-refractivity contribution in [2.45, 2.75) is 20.4 Å². The van der Waals surface area contributed by atoms with Crippen molar-refractivity contribution < 1.29 is 9.53 Å². The molecule has 1 heterocycles. The van der Waals surface area contributed by atoms with Crippen molar-refractivity contribution in [2.75, 3.05) is 17.7 Å². The molecule has 0 fully saturated rings. The molecule has 0 saturated heterocycles. The van der Waals surface area contributed by atoms with Crippen LogP contribution >= 0.6 is 0 Å². The Labute approximate surface area is 159 Å². The Hall–Kier alpha value is -3.34. The summed E-state index contributed by atoms with van der Waals surface area (Å²) in [5, 5.41) is 6.22. The minimum atomic E-state index is -0.222. The number of hydrogen-bond acceptors (Lipinski definition) is 4. The Morgan fingerprint density at radius 2 is 1.85 bits per heavy atom. The van der Waals surface area contributed by atoms with Crippen molar-refractivity contribution >= 4 is 17.3 Å². The number of benzene rings is 2. The Bertz CT molecular complexity index is 937. The van der Waals surface area contributed by atoms with Gasteiger partial charge in [0.25, 0.3) is 5.91 Å². The van der Waals surface area contributed by atoms with Crippen molar-refractivity contribution in [3.05, 3.63) is 83.2 Å². The topological polar surface area (TPSA) is 63.2 Å². The van der Waals surface area contributed by atoms with Crippen LogP contribution in [0.4, 0.5) is 11.4 Å². The molecule has 0 bridgehead atoms. The van der Waals surface area contributed by atoms with E-state index < -0.39 is 0 Å². The van der Waals surface area contributed by atoms with Crippen LogP contribution < -0.4 is 15.4 Å². The maximum atomic E-state index is 12.4. The second-order valence-corrected chi connectivity index (χ2v) is 6.30. The molecule has 0 aliphatic rings. The zero-order valence-electron chi connectivity index (χ0n) is 15.7. The van der Waals surface area contributed by atoms with Gasteiger partial charge in [0.15, 0.2) is 0 Å². The number of carbonyl (C=O) groups excluding carboxylic acids is 1. The molecule has 0 unspecified atom stereocenters. The first-order valence-electron chi connectivity index (χ1n) is 8.78. The quantitative estimate of drug-likeness (QED) is 0.675. The van der Waals surface area contributed by atoms with Gasteiger partial charge in [0.2, 0.25) is 0 Å². The Morgan fingerprint density at radius 1 is 1.04 bits per heavy atom. The molecule has 1 aromatic heterocycles. The molecule has 0 atom stereocenters. The summed E-state index contributed by atoms with van der Waals surface area (Å²) < 4.78 is 5.35. The lowest BCUT2D eigenvalue weighted by Gasteiger charge is -2.11. The smallest absolute Gasteiger partial charge is 0.274 e. The van der Waals surface area contributed by atoms with Gasteiger partial charge in [-0.1, -0.05) is 30.3 Å². The number of carbonyl (C=O) groups is 1. The molecular weight excluding hydrogens is 338 g/mol. The fourth-order valence-corrected chi connectivity index (χ4v) is 2.75. The van der Waals surface area contributed by atoms with Gasteiger partial charge in [-0.05, 0) is 49.2 Å². The van der Waals surface area contributed by atoms with Crippen molar-refractivity contribution in [1.82, 2.24) is 4.98 Å². The minimum absolute atomic E-state index is 0.222. The van der Waals surface area contributed by atoms with E-state index in [0.717, 1.165) is 33.8 Å². The predicted octanol–water partition coefficient (Wildman–Crippen LogP) is 4.57. The lowest BCUT2D eigenvalue weighted by atomic mass is 10.1. The molecule has 2 aromatic carbocycles. The van der Waals surface area contributed by atoms with Crippen LogP contribution in [0.25, 0.3) is 0 Å². The molecule has 2 N–H and O–H groups in total. The van der Waals surface area contributed by atoms with Crippen LogP contribution in [-0.2, 0) is 6.54 Å². The van der Waals surface area contributed by atoms with Crippen molar-refractivity contribution in [3.8, 4) is 5.75 Å². The van der Waals surface area contributed by atoms with Crippen molar-refractivity contribution in [3.63, 3.8) is 0 Å². The van der Waals surface area contributed by atoms with Crippen LogP contribution in [0.1, 0.15) is 27.2 Å². The number of amides is 1. The number of para-hydroxylation sites is 1. The van der Waals surface area contributed by atoms with E-state index in [1.54, 1.807) is 19.4 Å². The highest BCUT2D eigenvalue weighted by Crippen LogP contribution is 2.20. The van der Waals surface area contributed by atoms with Crippen molar-refractivity contribution in [1.29, 1.82) is 0 Å². The van der Waals surface area contributed by atoms with E-state index in [1.807, 2.05) is 62.4 Å². The van der Waals surface area contributed by atoms with Gasteiger partial charge in [-0.25, -0.2) is 4.98 Å². The Balaban J connectivity index is 1.64. The van der Waals surface area contributed by atoms with Crippen LogP contribution in [0.3, 0.4) is 0 Å². The third-order valence-corrected chi connectivity index (χ3v) is 4.52. The number of nitrogens with one attached hydrogen (secondary N) is 2. The molecule has 0 radical (unpaired) electrons. The van der Waals surface area contributed by atoms with Gasteiger partial charge >= 0.3 is 0 Å². The van der Waals surface area contributed by atoms with E-state index in [9.17, 15) is 4.79 Å². The number of aryl methyl sites for hydroxylation is 1. The number of aromatic nitrogens is 1. The normalized spacial score (nSPS) is 10.3. The largest absolute Gasteiger partial charge is 0.496 e. The van der Waals surface area contributed by atoms with Gasteiger partial charge in [-0.15, -0.1) is 0 Å². The monoisotopic (exact) mass is 361 g/mol. The van der Waals surface area contributed by atoms with Gasteiger partial charge in [-0.2, -0.15) is 0 Å².